The van der Waals surface area contributed by atoms with Crippen LogP contribution in [0.5, 0.6) is 0 Å². The molecule has 0 saturated carbocycles. The fraction of sp³-hybridized carbons (Fsp3) is 0.462. The number of carboxylic acid groups (broad SMARTS) is 2. The topological polar surface area (TPSA) is 90.7 Å². The molecule has 0 radical (unpaired) electrons. The van der Waals surface area contributed by atoms with E-state index in [0.29, 0.717) is 0 Å². The quantitative estimate of drug-likeness (QED) is 0.874. The Hall–Kier alpha value is -2.32. The summed E-state index contributed by atoms with van der Waals surface area (Å²) in [4.78, 5) is 26.6. The van der Waals surface area contributed by atoms with Crippen LogP contribution in [0.1, 0.15) is 30.1 Å². The molecular weight excluding hydrogens is 305 g/mol. The zero-order valence-electron chi connectivity index (χ0n) is 11.2. The highest BCUT2D eigenvalue weighted by Gasteiger charge is 2.37. The van der Waals surface area contributed by atoms with E-state index in [9.17, 15) is 22.8 Å². The maximum atomic E-state index is 12.5. The molecule has 2 rings (SSSR count). The van der Waals surface area contributed by atoms with Crippen LogP contribution in [0.15, 0.2) is 18.3 Å². The Morgan fingerprint density at radius 3 is 2.41 bits per heavy atom. The van der Waals surface area contributed by atoms with Crippen LogP contribution in [0, 0.1) is 5.92 Å². The number of piperidine rings is 1. The van der Waals surface area contributed by atoms with Gasteiger partial charge in [-0.15, -0.1) is 0 Å². The average Bonchev–Trinajstić information content (AvgIpc) is 2.45. The highest BCUT2D eigenvalue weighted by Crippen LogP contribution is 2.35. The number of aliphatic carboxylic acids is 1. The number of likely N-dealkylation sites (tertiary alicyclic amines) is 1. The maximum Gasteiger partial charge on any atom is 0.433 e. The number of carbonyl (C=O) groups is 2. The van der Waals surface area contributed by atoms with Gasteiger partial charge in [0.1, 0.15) is 5.69 Å². The number of hydrogen-bond acceptors (Lipinski definition) is 3. The van der Waals surface area contributed by atoms with Crippen LogP contribution in [-0.2, 0) is 11.0 Å². The summed E-state index contributed by atoms with van der Waals surface area (Å²) in [6, 6.07) is 1.09. The number of aromatic nitrogens is 1. The Kier molecular flexibility index (Phi) is 4.25. The molecule has 1 aromatic rings. The summed E-state index contributed by atoms with van der Waals surface area (Å²) in [7, 11) is 0. The van der Waals surface area contributed by atoms with E-state index in [2.05, 4.69) is 4.98 Å². The molecule has 2 N–H and O–H groups in total. The van der Waals surface area contributed by atoms with Crippen molar-refractivity contribution < 1.29 is 33.0 Å². The monoisotopic (exact) mass is 318 g/mol. The van der Waals surface area contributed by atoms with Gasteiger partial charge in [0, 0.05) is 12.7 Å². The standard InChI is InChI=1S/C13H13F3N2O4/c14-13(15,16)10-2-1-8(6-17-10)9-5-7(11(19)20)3-4-18(9)12(21)22/h1-2,6-7,9H,3-5H2,(H,19,20)(H,21,22). The van der Waals surface area contributed by atoms with Crippen molar-refractivity contribution in [1.29, 1.82) is 0 Å². The number of carboxylic acids is 1. The molecule has 1 aromatic heterocycles. The van der Waals surface area contributed by atoms with Crippen LogP contribution in [0.2, 0.25) is 0 Å². The summed E-state index contributed by atoms with van der Waals surface area (Å²) in [6.07, 6.45) is -4.69. The Morgan fingerprint density at radius 2 is 1.95 bits per heavy atom. The fourth-order valence-electron chi connectivity index (χ4n) is 2.50. The van der Waals surface area contributed by atoms with Gasteiger partial charge in [-0.25, -0.2) is 4.79 Å². The molecule has 1 amide bonds. The Balaban J connectivity index is 2.28. The minimum Gasteiger partial charge on any atom is -0.481 e. The minimum absolute atomic E-state index is 0.00861. The molecule has 0 aromatic carbocycles. The lowest BCUT2D eigenvalue weighted by Crippen LogP contribution is -2.42. The van der Waals surface area contributed by atoms with Gasteiger partial charge < -0.3 is 15.1 Å². The van der Waals surface area contributed by atoms with Crippen molar-refractivity contribution in [2.45, 2.75) is 25.1 Å². The predicted molar refractivity (Wildman–Crippen MR) is 67.1 cm³/mol. The van der Waals surface area contributed by atoms with Crippen LogP contribution >= 0.6 is 0 Å². The number of pyridine rings is 1. The first-order valence-electron chi connectivity index (χ1n) is 6.45. The third kappa shape index (κ3) is 3.29. The maximum absolute atomic E-state index is 12.5. The zero-order valence-corrected chi connectivity index (χ0v) is 11.2. The smallest absolute Gasteiger partial charge is 0.433 e. The van der Waals surface area contributed by atoms with Crippen molar-refractivity contribution >= 4 is 12.1 Å². The molecule has 2 atom stereocenters. The van der Waals surface area contributed by atoms with Crippen molar-refractivity contribution in [1.82, 2.24) is 9.88 Å². The zero-order chi connectivity index (χ0) is 16.5. The largest absolute Gasteiger partial charge is 0.481 e. The number of hydrogen-bond donors (Lipinski definition) is 2. The van der Waals surface area contributed by atoms with Crippen LogP contribution in [0.25, 0.3) is 0 Å². The highest BCUT2D eigenvalue weighted by atomic mass is 19.4. The van der Waals surface area contributed by atoms with E-state index in [1.165, 1.54) is 0 Å². The van der Waals surface area contributed by atoms with Gasteiger partial charge in [0.15, 0.2) is 0 Å². The molecule has 0 spiro atoms. The summed E-state index contributed by atoms with van der Waals surface area (Å²) in [5.74, 6) is -1.78. The van der Waals surface area contributed by atoms with Crippen LogP contribution in [0.3, 0.4) is 0 Å². The lowest BCUT2D eigenvalue weighted by atomic mass is 9.88. The van der Waals surface area contributed by atoms with Gasteiger partial charge in [-0.2, -0.15) is 13.2 Å². The number of halogens is 3. The van der Waals surface area contributed by atoms with Gasteiger partial charge in [0.25, 0.3) is 0 Å². The second-order valence-corrected chi connectivity index (χ2v) is 5.03. The predicted octanol–water partition coefficient (Wildman–Crippen LogP) is 2.62. The van der Waals surface area contributed by atoms with Gasteiger partial charge >= 0.3 is 18.2 Å². The molecule has 9 heteroatoms. The van der Waals surface area contributed by atoms with Gasteiger partial charge in [-0.3, -0.25) is 9.78 Å². The normalized spacial score (nSPS) is 22.4. The molecular formula is C13H13F3N2O4. The van der Waals surface area contributed by atoms with E-state index in [4.69, 9.17) is 10.2 Å². The Bertz CT molecular complexity index is 574. The first-order valence-corrected chi connectivity index (χ1v) is 6.45. The van der Waals surface area contributed by atoms with E-state index in [0.717, 1.165) is 23.2 Å². The Morgan fingerprint density at radius 1 is 1.27 bits per heavy atom. The lowest BCUT2D eigenvalue weighted by molar-refractivity contribution is -0.144. The summed E-state index contributed by atoms with van der Waals surface area (Å²) in [5.41, 5.74) is -0.829. The highest BCUT2D eigenvalue weighted by molar-refractivity contribution is 5.71. The molecule has 1 aliphatic rings. The van der Waals surface area contributed by atoms with Gasteiger partial charge in [0.05, 0.1) is 12.0 Å². The summed E-state index contributed by atoms with van der Waals surface area (Å²) < 4.78 is 37.5. The summed E-state index contributed by atoms with van der Waals surface area (Å²) >= 11 is 0. The molecule has 1 aliphatic heterocycles. The van der Waals surface area contributed by atoms with E-state index in [1.807, 2.05) is 0 Å². The number of alkyl halides is 3. The third-order valence-corrected chi connectivity index (χ3v) is 3.66. The van der Waals surface area contributed by atoms with Crippen molar-refractivity contribution in [3.05, 3.63) is 29.6 Å². The van der Waals surface area contributed by atoms with E-state index >= 15 is 0 Å². The first-order chi connectivity index (χ1) is 10.2. The van der Waals surface area contributed by atoms with Crippen molar-refractivity contribution in [3.8, 4) is 0 Å². The molecule has 2 unspecified atom stereocenters. The molecule has 6 nitrogen and oxygen atoms in total. The molecule has 1 fully saturated rings. The SMILES string of the molecule is O=C(O)C1CCN(C(=O)O)C(c2ccc(C(F)(F)F)nc2)C1. The van der Waals surface area contributed by atoms with Crippen molar-refractivity contribution in [2.75, 3.05) is 6.54 Å². The van der Waals surface area contributed by atoms with Gasteiger partial charge in [-0.1, -0.05) is 6.07 Å². The molecule has 1 saturated heterocycles. The molecule has 22 heavy (non-hydrogen) atoms. The van der Waals surface area contributed by atoms with Crippen LogP contribution in [0.4, 0.5) is 18.0 Å². The molecule has 0 aliphatic carbocycles. The second-order valence-electron chi connectivity index (χ2n) is 5.03. The first kappa shape index (κ1) is 16.1. The van der Waals surface area contributed by atoms with E-state index in [-0.39, 0.29) is 24.9 Å². The van der Waals surface area contributed by atoms with Crippen LogP contribution < -0.4 is 0 Å². The van der Waals surface area contributed by atoms with Crippen molar-refractivity contribution in [3.63, 3.8) is 0 Å². The number of nitrogens with zero attached hydrogens (tertiary/aromatic N) is 2. The second kappa shape index (κ2) is 5.82. The van der Waals surface area contributed by atoms with Gasteiger partial charge in [0.2, 0.25) is 0 Å². The van der Waals surface area contributed by atoms with Crippen molar-refractivity contribution in [2.24, 2.45) is 5.92 Å². The molecule has 0 bridgehead atoms. The Labute approximate surface area is 123 Å². The molecule has 120 valence electrons. The van der Waals surface area contributed by atoms with Gasteiger partial charge in [-0.05, 0) is 24.5 Å². The summed E-state index contributed by atoms with van der Waals surface area (Å²) in [6.45, 7) is 0.0119. The minimum atomic E-state index is -4.58. The third-order valence-electron chi connectivity index (χ3n) is 3.66. The van der Waals surface area contributed by atoms with E-state index < -0.39 is 35.9 Å². The summed E-state index contributed by atoms with van der Waals surface area (Å²) in [5, 5.41) is 18.2. The molecule has 2 heterocycles. The van der Waals surface area contributed by atoms with E-state index in [1.54, 1.807) is 0 Å². The number of rotatable bonds is 2. The average molecular weight is 318 g/mol. The lowest BCUT2D eigenvalue weighted by Gasteiger charge is -2.36. The fourth-order valence-corrected chi connectivity index (χ4v) is 2.50. The number of amides is 1. The van der Waals surface area contributed by atoms with Crippen LogP contribution in [-0.4, -0.2) is 38.7 Å².